The van der Waals surface area contributed by atoms with Crippen LogP contribution >= 0.6 is 0 Å². The molecule has 0 unspecified atom stereocenters. The first-order valence-corrected chi connectivity index (χ1v) is 7.18. The molecule has 1 aromatic heterocycles. The monoisotopic (exact) mass is 275 g/mol. The van der Waals surface area contributed by atoms with Gasteiger partial charge in [0.1, 0.15) is 5.82 Å². The standard InChI is InChI=1S/C16H25N3O/c1-16(2,3)15-18-13-11-12(17)7-8-14(13)19(15)9-5-6-10-20-4/h7-8,11H,5-6,9-10,17H2,1-4H3. The highest BCUT2D eigenvalue weighted by atomic mass is 16.5. The summed E-state index contributed by atoms with van der Waals surface area (Å²) in [6.45, 7) is 8.37. The highest BCUT2D eigenvalue weighted by Crippen LogP contribution is 2.27. The number of ether oxygens (including phenoxy) is 1. The Kier molecular flexibility index (Phi) is 4.33. The van der Waals surface area contributed by atoms with Crippen molar-refractivity contribution in [3.05, 3.63) is 24.0 Å². The van der Waals surface area contributed by atoms with Crippen LogP contribution in [0, 0.1) is 0 Å². The molecular weight excluding hydrogens is 250 g/mol. The van der Waals surface area contributed by atoms with E-state index < -0.39 is 0 Å². The third-order valence-electron chi connectivity index (χ3n) is 3.42. The van der Waals surface area contributed by atoms with Crippen LogP contribution in [0.2, 0.25) is 0 Å². The first-order chi connectivity index (χ1) is 9.43. The molecule has 0 bridgehead atoms. The predicted octanol–water partition coefficient (Wildman–Crippen LogP) is 3.34. The Morgan fingerprint density at radius 3 is 2.65 bits per heavy atom. The van der Waals surface area contributed by atoms with Gasteiger partial charge in [-0.3, -0.25) is 0 Å². The number of hydrogen-bond donors (Lipinski definition) is 1. The zero-order valence-corrected chi connectivity index (χ0v) is 12.9. The summed E-state index contributed by atoms with van der Waals surface area (Å²) in [7, 11) is 1.75. The Hall–Kier alpha value is -1.55. The van der Waals surface area contributed by atoms with Crippen molar-refractivity contribution >= 4 is 16.7 Å². The smallest absolute Gasteiger partial charge is 0.115 e. The van der Waals surface area contributed by atoms with Gasteiger partial charge in [-0.15, -0.1) is 0 Å². The summed E-state index contributed by atoms with van der Waals surface area (Å²) in [6.07, 6.45) is 2.15. The molecule has 0 saturated heterocycles. The Morgan fingerprint density at radius 1 is 1.25 bits per heavy atom. The van der Waals surface area contributed by atoms with Crippen LogP contribution in [-0.2, 0) is 16.7 Å². The second kappa shape index (κ2) is 5.83. The summed E-state index contributed by atoms with van der Waals surface area (Å²) in [5.41, 5.74) is 8.81. The zero-order chi connectivity index (χ0) is 14.8. The number of unbranched alkanes of at least 4 members (excludes halogenated alkanes) is 1. The van der Waals surface area contributed by atoms with Crippen LogP contribution in [-0.4, -0.2) is 23.3 Å². The molecule has 0 aliphatic rings. The lowest BCUT2D eigenvalue weighted by Gasteiger charge is -2.20. The molecule has 20 heavy (non-hydrogen) atoms. The van der Waals surface area contributed by atoms with Gasteiger partial charge >= 0.3 is 0 Å². The minimum absolute atomic E-state index is 0.0229. The van der Waals surface area contributed by atoms with Gasteiger partial charge in [0.25, 0.3) is 0 Å². The SMILES string of the molecule is COCCCCn1c(C(C)(C)C)nc2cc(N)ccc21. The zero-order valence-electron chi connectivity index (χ0n) is 12.9. The van der Waals surface area contributed by atoms with Crippen LogP contribution in [0.15, 0.2) is 18.2 Å². The number of benzene rings is 1. The minimum atomic E-state index is 0.0229. The molecule has 0 spiro atoms. The number of hydrogen-bond acceptors (Lipinski definition) is 3. The highest BCUT2D eigenvalue weighted by molar-refractivity contribution is 5.79. The molecule has 2 N–H and O–H groups in total. The highest BCUT2D eigenvalue weighted by Gasteiger charge is 2.22. The maximum absolute atomic E-state index is 5.87. The lowest BCUT2D eigenvalue weighted by atomic mass is 9.95. The topological polar surface area (TPSA) is 53.1 Å². The van der Waals surface area contributed by atoms with E-state index in [9.17, 15) is 0 Å². The van der Waals surface area contributed by atoms with Gasteiger partial charge in [-0.2, -0.15) is 0 Å². The molecule has 4 heteroatoms. The molecular formula is C16H25N3O. The van der Waals surface area contributed by atoms with Gasteiger partial charge in [-0.05, 0) is 31.0 Å². The van der Waals surface area contributed by atoms with Crippen molar-refractivity contribution in [2.75, 3.05) is 19.5 Å². The van der Waals surface area contributed by atoms with Gasteiger partial charge in [0, 0.05) is 31.4 Å². The Bertz CT molecular complexity index is 581. The Morgan fingerprint density at radius 2 is 2.00 bits per heavy atom. The number of fused-ring (bicyclic) bond motifs is 1. The fourth-order valence-corrected chi connectivity index (χ4v) is 2.46. The maximum Gasteiger partial charge on any atom is 0.115 e. The summed E-state index contributed by atoms with van der Waals surface area (Å²) in [5, 5.41) is 0. The van der Waals surface area contributed by atoms with Gasteiger partial charge in [0.2, 0.25) is 0 Å². The molecule has 0 aliphatic heterocycles. The van der Waals surface area contributed by atoms with Crippen LogP contribution in [0.25, 0.3) is 11.0 Å². The van der Waals surface area contributed by atoms with E-state index in [-0.39, 0.29) is 5.41 Å². The molecule has 0 radical (unpaired) electrons. The quantitative estimate of drug-likeness (QED) is 0.672. The predicted molar refractivity (Wildman–Crippen MR) is 84.0 cm³/mol. The number of rotatable bonds is 5. The van der Waals surface area contributed by atoms with Crippen LogP contribution in [0.3, 0.4) is 0 Å². The van der Waals surface area contributed by atoms with Gasteiger partial charge in [0.15, 0.2) is 0 Å². The number of anilines is 1. The molecule has 0 aliphatic carbocycles. The summed E-state index contributed by atoms with van der Waals surface area (Å²) in [4.78, 5) is 4.80. The van der Waals surface area contributed by atoms with Crippen molar-refractivity contribution in [1.82, 2.24) is 9.55 Å². The van der Waals surface area contributed by atoms with E-state index in [1.165, 1.54) is 5.52 Å². The van der Waals surface area contributed by atoms with Crippen molar-refractivity contribution in [2.45, 2.75) is 45.6 Å². The van der Waals surface area contributed by atoms with E-state index in [1.807, 2.05) is 12.1 Å². The lowest BCUT2D eigenvalue weighted by molar-refractivity contribution is 0.191. The molecule has 0 amide bonds. The molecule has 110 valence electrons. The Labute approximate surface area is 120 Å². The molecule has 0 fully saturated rings. The third-order valence-corrected chi connectivity index (χ3v) is 3.42. The minimum Gasteiger partial charge on any atom is -0.399 e. The van der Waals surface area contributed by atoms with Crippen LogP contribution in [0.1, 0.15) is 39.4 Å². The van der Waals surface area contributed by atoms with Crippen molar-refractivity contribution < 1.29 is 4.74 Å². The van der Waals surface area contributed by atoms with Gasteiger partial charge in [0.05, 0.1) is 11.0 Å². The number of nitrogens with zero attached hydrogens (tertiary/aromatic N) is 2. The number of imidazole rings is 1. The summed E-state index contributed by atoms with van der Waals surface area (Å²) >= 11 is 0. The number of methoxy groups -OCH3 is 1. The van der Waals surface area contributed by atoms with Crippen LogP contribution in [0.5, 0.6) is 0 Å². The summed E-state index contributed by atoms with van der Waals surface area (Å²) in [5.74, 6) is 1.12. The maximum atomic E-state index is 5.87. The fourth-order valence-electron chi connectivity index (χ4n) is 2.46. The number of aryl methyl sites for hydroxylation is 1. The largest absolute Gasteiger partial charge is 0.399 e. The molecule has 1 heterocycles. The van der Waals surface area contributed by atoms with Crippen molar-refractivity contribution in [2.24, 2.45) is 0 Å². The van der Waals surface area contributed by atoms with E-state index in [0.29, 0.717) is 0 Å². The van der Waals surface area contributed by atoms with Crippen LogP contribution < -0.4 is 5.73 Å². The average molecular weight is 275 g/mol. The molecule has 1 aromatic carbocycles. The van der Waals surface area contributed by atoms with E-state index in [1.54, 1.807) is 7.11 Å². The second-order valence-corrected chi connectivity index (χ2v) is 6.29. The van der Waals surface area contributed by atoms with E-state index in [4.69, 9.17) is 15.5 Å². The van der Waals surface area contributed by atoms with Gasteiger partial charge < -0.3 is 15.0 Å². The first kappa shape index (κ1) is 14.9. The number of nitrogen functional groups attached to an aromatic ring is 1. The third kappa shape index (κ3) is 3.12. The molecule has 4 nitrogen and oxygen atoms in total. The molecule has 2 rings (SSSR count). The first-order valence-electron chi connectivity index (χ1n) is 7.18. The average Bonchev–Trinajstić information content (AvgIpc) is 2.72. The fraction of sp³-hybridized carbons (Fsp3) is 0.562. The van der Waals surface area contributed by atoms with Crippen molar-refractivity contribution in [3.63, 3.8) is 0 Å². The summed E-state index contributed by atoms with van der Waals surface area (Å²) < 4.78 is 7.44. The molecule has 2 aromatic rings. The van der Waals surface area contributed by atoms with Gasteiger partial charge in [-0.1, -0.05) is 20.8 Å². The number of nitrogens with two attached hydrogens (primary N) is 1. The van der Waals surface area contributed by atoms with E-state index >= 15 is 0 Å². The van der Waals surface area contributed by atoms with Crippen LogP contribution in [0.4, 0.5) is 5.69 Å². The second-order valence-electron chi connectivity index (χ2n) is 6.29. The van der Waals surface area contributed by atoms with E-state index in [0.717, 1.165) is 43.0 Å². The molecule has 0 atom stereocenters. The molecule has 0 saturated carbocycles. The number of aromatic nitrogens is 2. The summed E-state index contributed by atoms with van der Waals surface area (Å²) in [6, 6.07) is 5.97. The normalized spacial score (nSPS) is 12.2. The van der Waals surface area contributed by atoms with Crippen molar-refractivity contribution in [3.8, 4) is 0 Å². The van der Waals surface area contributed by atoms with Gasteiger partial charge in [-0.25, -0.2) is 4.98 Å². The van der Waals surface area contributed by atoms with E-state index in [2.05, 4.69) is 31.4 Å². The lowest BCUT2D eigenvalue weighted by Crippen LogP contribution is -2.19. The van der Waals surface area contributed by atoms with Crippen molar-refractivity contribution in [1.29, 1.82) is 0 Å². The Balaban J connectivity index is 2.37.